The van der Waals surface area contributed by atoms with E-state index in [1.807, 2.05) is 0 Å². The summed E-state index contributed by atoms with van der Waals surface area (Å²) in [6.45, 7) is 2.91. The molecule has 0 saturated carbocycles. The topological polar surface area (TPSA) is 81.7 Å². The molecule has 25 heavy (non-hydrogen) atoms. The zero-order valence-electron chi connectivity index (χ0n) is 14.2. The minimum atomic E-state index is -1.02. The summed E-state index contributed by atoms with van der Waals surface area (Å²) < 4.78 is 10.3. The summed E-state index contributed by atoms with van der Waals surface area (Å²) in [5.41, 5.74) is 1.18. The second kappa shape index (κ2) is 8.10. The van der Waals surface area contributed by atoms with Crippen molar-refractivity contribution >= 4 is 23.3 Å². The SMILES string of the molecule is COc1ccccc1C(=O)O[C@@H](C)C(=O)Nc1cccc(C(C)=O)c1. The molecule has 0 spiro atoms. The van der Waals surface area contributed by atoms with Crippen LogP contribution in [0.2, 0.25) is 0 Å². The maximum atomic E-state index is 12.2. The third kappa shape index (κ3) is 4.67. The molecule has 0 unspecified atom stereocenters. The lowest BCUT2D eigenvalue weighted by atomic mass is 10.1. The van der Waals surface area contributed by atoms with Crippen molar-refractivity contribution < 1.29 is 23.9 Å². The van der Waals surface area contributed by atoms with E-state index >= 15 is 0 Å². The summed E-state index contributed by atoms with van der Waals surface area (Å²) in [7, 11) is 1.45. The van der Waals surface area contributed by atoms with Gasteiger partial charge in [0.25, 0.3) is 5.91 Å². The third-order valence-corrected chi connectivity index (χ3v) is 3.52. The lowest BCUT2D eigenvalue weighted by Gasteiger charge is -2.15. The van der Waals surface area contributed by atoms with Gasteiger partial charge in [0, 0.05) is 11.3 Å². The Kier molecular flexibility index (Phi) is 5.89. The van der Waals surface area contributed by atoms with Gasteiger partial charge in [-0.05, 0) is 38.1 Å². The molecule has 0 aliphatic carbocycles. The van der Waals surface area contributed by atoms with Gasteiger partial charge in [0.15, 0.2) is 11.9 Å². The lowest BCUT2D eigenvalue weighted by Crippen LogP contribution is -2.30. The van der Waals surface area contributed by atoms with Gasteiger partial charge >= 0.3 is 5.97 Å². The third-order valence-electron chi connectivity index (χ3n) is 3.52. The lowest BCUT2D eigenvalue weighted by molar-refractivity contribution is -0.123. The number of para-hydroxylation sites is 1. The summed E-state index contributed by atoms with van der Waals surface area (Å²) >= 11 is 0. The Bertz CT molecular complexity index is 800. The van der Waals surface area contributed by atoms with E-state index in [0.29, 0.717) is 17.0 Å². The van der Waals surface area contributed by atoms with Crippen LogP contribution in [-0.2, 0) is 9.53 Å². The first kappa shape index (κ1) is 18.2. The number of hydrogen-bond acceptors (Lipinski definition) is 5. The number of methoxy groups -OCH3 is 1. The number of esters is 1. The number of nitrogens with one attached hydrogen (secondary N) is 1. The maximum absolute atomic E-state index is 12.2. The van der Waals surface area contributed by atoms with Gasteiger partial charge in [0.2, 0.25) is 0 Å². The fraction of sp³-hybridized carbons (Fsp3) is 0.211. The standard InChI is InChI=1S/C19H19NO5/c1-12(21)14-7-6-8-15(11-14)20-18(22)13(2)25-19(23)16-9-4-5-10-17(16)24-3/h4-11,13H,1-3H3,(H,20,22)/t13-/m0/s1. The van der Waals surface area contributed by atoms with Gasteiger partial charge in [-0.1, -0.05) is 24.3 Å². The van der Waals surface area contributed by atoms with E-state index in [2.05, 4.69) is 5.32 Å². The van der Waals surface area contributed by atoms with E-state index < -0.39 is 18.0 Å². The van der Waals surface area contributed by atoms with Gasteiger partial charge in [0.1, 0.15) is 11.3 Å². The molecule has 2 aromatic rings. The van der Waals surface area contributed by atoms with Crippen molar-refractivity contribution in [1.82, 2.24) is 0 Å². The van der Waals surface area contributed by atoms with Gasteiger partial charge in [-0.25, -0.2) is 4.79 Å². The predicted molar refractivity (Wildman–Crippen MR) is 92.9 cm³/mol. The minimum absolute atomic E-state index is 0.105. The number of hydrogen-bond donors (Lipinski definition) is 1. The highest BCUT2D eigenvalue weighted by molar-refractivity contribution is 6.00. The Labute approximate surface area is 145 Å². The number of carbonyl (C=O) groups excluding carboxylic acids is 3. The van der Waals surface area contributed by atoms with Crippen LogP contribution in [-0.4, -0.2) is 30.9 Å². The molecule has 6 heteroatoms. The molecule has 0 aliphatic heterocycles. The molecule has 0 aromatic heterocycles. The van der Waals surface area contributed by atoms with E-state index in [-0.39, 0.29) is 11.3 Å². The molecule has 6 nitrogen and oxygen atoms in total. The molecular formula is C19H19NO5. The van der Waals surface area contributed by atoms with Crippen LogP contribution in [0, 0.1) is 0 Å². The number of carbonyl (C=O) groups is 3. The van der Waals surface area contributed by atoms with Crippen molar-refractivity contribution in [3.63, 3.8) is 0 Å². The first-order valence-electron chi connectivity index (χ1n) is 7.68. The van der Waals surface area contributed by atoms with Crippen molar-refractivity contribution in [3.8, 4) is 5.75 Å². The van der Waals surface area contributed by atoms with Gasteiger partial charge < -0.3 is 14.8 Å². The molecular weight excluding hydrogens is 322 g/mol. The number of anilines is 1. The highest BCUT2D eigenvalue weighted by atomic mass is 16.5. The Balaban J connectivity index is 2.04. The molecule has 0 saturated heterocycles. The summed E-state index contributed by atoms with van der Waals surface area (Å²) in [6.07, 6.45) is -1.02. The average Bonchev–Trinajstić information content (AvgIpc) is 2.61. The molecule has 2 rings (SSSR count). The van der Waals surface area contributed by atoms with Crippen LogP contribution in [0.4, 0.5) is 5.69 Å². The molecule has 0 fully saturated rings. The summed E-state index contributed by atoms with van der Waals surface area (Å²) in [5, 5.41) is 2.62. The molecule has 1 atom stereocenters. The molecule has 1 amide bonds. The van der Waals surface area contributed by atoms with Gasteiger partial charge in [-0.2, -0.15) is 0 Å². The number of amides is 1. The van der Waals surface area contributed by atoms with Gasteiger partial charge in [-0.15, -0.1) is 0 Å². The smallest absolute Gasteiger partial charge is 0.342 e. The van der Waals surface area contributed by atoms with E-state index in [1.165, 1.54) is 21.0 Å². The van der Waals surface area contributed by atoms with Gasteiger partial charge in [-0.3, -0.25) is 9.59 Å². The Morgan fingerprint density at radius 3 is 2.44 bits per heavy atom. The molecule has 1 N–H and O–H groups in total. The number of rotatable bonds is 6. The Morgan fingerprint density at radius 2 is 1.76 bits per heavy atom. The van der Waals surface area contributed by atoms with Crippen LogP contribution in [0.1, 0.15) is 34.6 Å². The quantitative estimate of drug-likeness (QED) is 0.645. The Hall–Kier alpha value is -3.15. The fourth-order valence-corrected chi connectivity index (χ4v) is 2.15. The monoisotopic (exact) mass is 341 g/mol. The highest BCUT2D eigenvalue weighted by Gasteiger charge is 2.21. The first-order chi connectivity index (χ1) is 11.9. The number of benzene rings is 2. The van der Waals surface area contributed by atoms with Crippen molar-refractivity contribution in [1.29, 1.82) is 0 Å². The summed E-state index contributed by atoms with van der Waals surface area (Å²) in [4.78, 5) is 35.8. The normalized spacial score (nSPS) is 11.3. The predicted octanol–water partition coefficient (Wildman–Crippen LogP) is 3.08. The van der Waals surface area contributed by atoms with E-state index in [4.69, 9.17) is 9.47 Å². The highest BCUT2D eigenvalue weighted by Crippen LogP contribution is 2.19. The number of ketones is 1. The molecule has 0 aliphatic rings. The Morgan fingerprint density at radius 1 is 1.04 bits per heavy atom. The molecule has 130 valence electrons. The van der Waals surface area contributed by atoms with Crippen molar-refractivity contribution in [2.24, 2.45) is 0 Å². The second-order valence-corrected chi connectivity index (χ2v) is 5.37. The summed E-state index contributed by atoms with van der Waals surface area (Å²) in [5.74, 6) is -0.887. The maximum Gasteiger partial charge on any atom is 0.342 e. The van der Waals surface area contributed by atoms with Crippen LogP contribution in [0.25, 0.3) is 0 Å². The molecule has 0 heterocycles. The van der Waals surface area contributed by atoms with Crippen LogP contribution < -0.4 is 10.1 Å². The fourth-order valence-electron chi connectivity index (χ4n) is 2.15. The van der Waals surface area contributed by atoms with Crippen molar-refractivity contribution in [2.45, 2.75) is 20.0 Å². The van der Waals surface area contributed by atoms with Crippen LogP contribution in [0.15, 0.2) is 48.5 Å². The van der Waals surface area contributed by atoms with Crippen LogP contribution in [0.3, 0.4) is 0 Å². The second-order valence-electron chi connectivity index (χ2n) is 5.37. The molecule has 0 bridgehead atoms. The van der Waals surface area contributed by atoms with Gasteiger partial charge in [0.05, 0.1) is 7.11 Å². The van der Waals surface area contributed by atoms with Crippen LogP contribution >= 0.6 is 0 Å². The average molecular weight is 341 g/mol. The molecule has 2 aromatic carbocycles. The largest absolute Gasteiger partial charge is 0.496 e. The molecule has 0 radical (unpaired) electrons. The number of ether oxygens (including phenoxy) is 2. The first-order valence-corrected chi connectivity index (χ1v) is 7.68. The van der Waals surface area contributed by atoms with Crippen molar-refractivity contribution in [3.05, 3.63) is 59.7 Å². The minimum Gasteiger partial charge on any atom is -0.496 e. The van der Waals surface area contributed by atoms with Crippen LogP contribution in [0.5, 0.6) is 5.75 Å². The van der Waals surface area contributed by atoms with E-state index in [0.717, 1.165) is 0 Å². The van der Waals surface area contributed by atoms with E-state index in [9.17, 15) is 14.4 Å². The summed E-state index contributed by atoms with van der Waals surface area (Å²) in [6, 6.07) is 13.1. The zero-order chi connectivity index (χ0) is 18.4. The van der Waals surface area contributed by atoms with E-state index in [1.54, 1.807) is 48.5 Å². The number of Topliss-reactive ketones (excluding diaryl/α,β-unsaturated/α-hetero) is 1. The van der Waals surface area contributed by atoms with Crippen molar-refractivity contribution in [2.75, 3.05) is 12.4 Å². The zero-order valence-corrected chi connectivity index (χ0v) is 14.2.